The summed E-state index contributed by atoms with van der Waals surface area (Å²) in [4.78, 5) is 58.0. The van der Waals surface area contributed by atoms with Crippen molar-refractivity contribution < 1.29 is 72.7 Å². The zero-order valence-electron chi connectivity index (χ0n) is 53.2. The molecule has 1 amide bonds. The first-order valence-electron chi connectivity index (χ1n) is 30.3. The Labute approximate surface area is 534 Å². The lowest BCUT2D eigenvalue weighted by molar-refractivity contribution is -0.326. The predicted octanol–water partition coefficient (Wildman–Crippen LogP) is 12.0. The number of benzene rings is 3. The topological polar surface area (TPSA) is 198 Å². The maximum atomic E-state index is 12.5. The van der Waals surface area contributed by atoms with Crippen molar-refractivity contribution >= 4 is 39.3 Å². The zero-order chi connectivity index (χ0) is 68.1. The van der Waals surface area contributed by atoms with Crippen LogP contribution in [0.25, 0.3) is 55.4 Å². The summed E-state index contributed by atoms with van der Waals surface area (Å²) in [5, 5.41) is 5.75. The summed E-state index contributed by atoms with van der Waals surface area (Å²) in [6.45, 7) is 3.60. The minimum Gasteiger partial charge on any atom is -0.381 e. The number of amides is 1. The molecule has 0 saturated heterocycles. The number of carbonyl (C=O) groups is 1. The van der Waals surface area contributed by atoms with Gasteiger partial charge in [-0.05, 0) is 147 Å². The van der Waals surface area contributed by atoms with Gasteiger partial charge in [0.2, 0.25) is 5.91 Å². The number of methoxy groups -OCH3 is 3. The third-order valence-corrected chi connectivity index (χ3v) is 17.2. The molecule has 3 saturated carbocycles. The summed E-state index contributed by atoms with van der Waals surface area (Å²) in [5.41, 5.74) is 10.3. The fourth-order valence-electron chi connectivity index (χ4n) is 11.8. The second kappa shape index (κ2) is 29.2. The molecular formula is C66H74F9N9O10. The average molecular weight is 1320 g/mol. The number of nitrogens with one attached hydrogen (secondary N) is 2. The van der Waals surface area contributed by atoms with Crippen LogP contribution in [0.1, 0.15) is 78.7 Å². The second-order valence-corrected chi connectivity index (χ2v) is 23.8. The first-order chi connectivity index (χ1) is 44.4. The van der Waals surface area contributed by atoms with Crippen molar-refractivity contribution in [3.05, 3.63) is 151 Å². The highest BCUT2D eigenvalue weighted by Crippen LogP contribution is 2.42. The Balaban J connectivity index is 0.000000166. The number of halogens is 9. The van der Waals surface area contributed by atoms with Crippen molar-refractivity contribution in [3.8, 4) is 33.4 Å². The molecule has 3 fully saturated rings. The molecule has 0 radical (unpaired) electrons. The summed E-state index contributed by atoms with van der Waals surface area (Å²) >= 11 is 0. The molecule has 0 bridgehead atoms. The lowest BCUT2D eigenvalue weighted by atomic mass is 9.81. The van der Waals surface area contributed by atoms with Gasteiger partial charge in [-0.3, -0.25) is 33.4 Å². The summed E-state index contributed by atoms with van der Waals surface area (Å²) in [5.74, 6) is 1.43. The van der Waals surface area contributed by atoms with Gasteiger partial charge in [0, 0.05) is 115 Å². The summed E-state index contributed by atoms with van der Waals surface area (Å²) < 4.78 is 148. The van der Waals surface area contributed by atoms with Crippen LogP contribution in [0, 0.1) is 26.7 Å². The molecule has 2 N–H and O–H groups in total. The fraction of sp³-hybridized carbons (Fsp3) is 0.455. The highest BCUT2D eigenvalue weighted by molar-refractivity contribution is 5.97. The number of imidazole rings is 2. The maximum absolute atomic E-state index is 12.5. The second-order valence-electron chi connectivity index (χ2n) is 23.8. The van der Waals surface area contributed by atoms with Crippen LogP contribution in [0.15, 0.2) is 106 Å². The number of hydrogen-bond donors (Lipinski definition) is 2. The van der Waals surface area contributed by atoms with E-state index < -0.39 is 38.9 Å². The smallest absolute Gasteiger partial charge is 0.381 e. The molecule has 11 rings (SSSR count). The third kappa shape index (κ3) is 17.2. The van der Waals surface area contributed by atoms with Gasteiger partial charge in [0.05, 0.1) is 71.6 Å². The number of aryl methyl sites for hydroxylation is 6. The van der Waals surface area contributed by atoms with Gasteiger partial charge in [-0.25, -0.2) is 9.97 Å². The Bertz CT molecular complexity index is 3930. The van der Waals surface area contributed by atoms with E-state index >= 15 is 0 Å². The fourth-order valence-corrected chi connectivity index (χ4v) is 11.8. The number of pyridine rings is 3. The molecule has 19 nitrogen and oxygen atoms in total. The van der Waals surface area contributed by atoms with E-state index in [1.165, 1.54) is 13.7 Å². The lowest BCUT2D eigenvalue weighted by Crippen LogP contribution is -2.38. The molecule has 28 heteroatoms. The van der Waals surface area contributed by atoms with Crippen molar-refractivity contribution in [2.75, 3.05) is 58.3 Å². The van der Waals surface area contributed by atoms with Crippen LogP contribution in [-0.4, -0.2) is 124 Å². The van der Waals surface area contributed by atoms with Gasteiger partial charge in [-0.15, -0.1) is 39.5 Å². The Morgan fingerprint density at radius 2 is 0.851 bits per heavy atom. The number of fused-ring (bicyclic) bond motifs is 2. The van der Waals surface area contributed by atoms with Crippen molar-refractivity contribution in [1.82, 2.24) is 32.8 Å². The quantitative estimate of drug-likeness (QED) is 0.0540. The summed E-state index contributed by atoms with van der Waals surface area (Å²) in [6.07, 6.45) is -4.13. The van der Waals surface area contributed by atoms with Gasteiger partial charge in [-0.1, -0.05) is 18.2 Å². The van der Waals surface area contributed by atoms with E-state index in [1.807, 2.05) is 57.7 Å². The number of alkyl halides is 9. The number of anilines is 2. The van der Waals surface area contributed by atoms with Crippen LogP contribution >= 0.6 is 0 Å². The normalized spacial score (nSPS) is 18.7. The number of nitrogens with zero attached hydrogens (tertiary/aromatic N) is 7. The van der Waals surface area contributed by atoms with E-state index in [9.17, 15) is 58.7 Å². The van der Waals surface area contributed by atoms with E-state index in [1.54, 1.807) is 106 Å². The molecule has 3 aromatic carbocycles. The standard InChI is InChI=1S/C22H26F3N3O4.2C22H24F3N3O3/c1-13-8-16(12-28(2)21(13)30)14-4-5-18(27-20(29)15-9-17(10-15)31-3)19(11-14)26-6-7-32-22(23,24)25;2*1-13-8-16(12-27(2)21(13)29)14-4-5-18-19(11-14)28(6-7-31-22(23,24)25)20(26-18)15-9-17(10-15)30-3/h4-5,8,11-12,15,17,26H,6-7,9-10H2,1-3H3,(H,27,29);2*4-5,8,11-12,15,17H,6-7,9-10H2,1-3H3. The van der Waals surface area contributed by atoms with Gasteiger partial charge >= 0.3 is 19.1 Å². The Morgan fingerprint density at radius 3 is 1.22 bits per heavy atom. The van der Waals surface area contributed by atoms with E-state index in [-0.39, 0.29) is 78.3 Å². The molecule has 8 aromatic rings. The summed E-state index contributed by atoms with van der Waals surface area (Å²) in [7, 11) is 9.94. The average Bonchev–Trinajstić information content (AvgIpc) is 1.63. The number of hydrogen-bond acceptors (Lipinski definition) is 13. The van der Waals surface area contributed by atoms with Gasteiger partial charge in [0.1, 0.15) is 11.6 Å². The van der Waals surface area contributed by atoms with Crippen molar-refractivity contribution in [2.45, 2.75) is 122 Å². The highest BCUT2D eigenvalue weighted by Gasteiger charge is 2.38. The highest BCUT2D eigenvalue weighted by atomic mass is 19.4. The Kier molecular flexibility index (Phi) is 21.8. The maximum Gasteiger partial charge on any atom is 0.522 e. The van der Waals surface area contributed by atoms with Crippen LogP contribution in [0.5, 0.6) is 0 Å². The largest absolute Gasteiger partial charge is 0.522 e. The molecule has 3 aliphatic rings. The molecule has 5 aromatic heterocycles. The van der Waals surface area contributed by atoms with E-state index in [4.69, 9.17) is 24.2 Å². The van der Waals surface area contributed by atoms with Crippen molar-refractivity contribution in [3.63, 3.8) is 0 Å². The van der Waals surface area contributed by atoms with Gasteiger partial charge < -0.3 is 47.7 Å². The zero-order valence-corrected chi connectivity index (χ0v) is 53.2. The van der Waals surface area contributed by atoms with Gasteiger partial charge in [0.15, 0.2) is 0 Å². The van der Waals surface area contributed by atoms with Crippen LogP contribution in [0.4, 0.5) is 50.9 Å². The SMILES string of the molecule is COC1CC(C(=O)Nc2ccc(-c3cc(C)c(=O)n(C)c3)cc2NCCOC(F)(F)F)C1.COC1CC(c2nc3ccc(-c4cc(C)c(=O)n(C)c4)cc3n2CCOC(F)(F)F)C1.COC1CC(c2nc3ccc(-c4cc(C)c(=O)n(C)c4)cc3n2CCOC(F)(F)F)C1. The minimum atomic E-state index is -4.71. The van der Waals surface area contributed by atoms with E-state index in [0.717, 1.165) is 81.7 Å². The number of ether oxygens (including phenoxy) is 6. The Hall–Kier alpha value is -8.15. The monoisotopic (exact) mass is 1320 g/mol. The molecule has 0 spiro atoms. The molecule has 0 atom stereocenters. The first-order valence-corrected chi connectivity index (χ1v) is 30.3. The van der Waals surface area contributed by atoms with E-state index in [0.29, 0.717) is 51.9 Å². The van der Waals surface area contributed by atoms with Crippen molar-refractivity contribution in [1.29, 1.82) is 0 Å². The first kappa shape index (κ1) is 70.2. The van der Waals surface area contributed by atoms with Crippen LogP contribution in [0.3, 0.4) is 0 Å². The van der Waals surface area contributed by atoms with Crippen LogP contribution in [-0.2, 0) is 67.4 Å². The molecular weight excluding hydrogens is 1250 g/mol. The van der Waals surface area contributed by atoms with E-state index in [2.05, 4.69) is 24.8 Å². The lowest BCUT2D eigenvalue weighted by Gasteiger charge is -2.33. The molecule has 5 heterocycles. The third-order valence-electron chi connectivity index (χ3n) is 17.2. The number of rotatable bonds is 20. The molecule has 94 heavy (non-hydrogen) atoms. The minimum absolute atomic E-state index is 0.0370. The molecule has 3 aliphatic carbocycles. The molecule has 0 aliphatic heterocycles. The van der Waals surface area contributed by atoms with Crippen LogP contribution < -0.4 is 27.3 Å². The number of carbonyl (C=O) groups excluding carboxylic acids is 1. The molecule has 0 unspecified atom stereocenters. The van der Waals surface area contributed by atoms with Crippen molar-refractivity contribution in [2.24, 2.45) is 27.1 Å². The Morgan fingerprint density at radius 1 is 0.489 bits per heavy atom. The van der Waals surface area contributed by atoms with Gasteiger partial charge in [-0.2, -0.15) is 0 Å². The van der Waals surface area contributed by atoms with Gasteiger partial charge in [0.25, 0.3) is 16.7 Å². The van der Waals surface area contributed by atoms with Crippen LogP contribution in [0.2, 0.25) is 0 Å². The summed E-state index contributed by atoms with van der Waals surface area (Å²) in [6, 6.07) is 21.9. The number of aromatic nitrogens is 7. The molecule has 506 valence electrons. The predicted molar refractivity (Wildman–Crippen MR) is 334 cm³/mol.